The molecule has 7 nitrogen and oxygen atoms in total. The van der Waals surface area contributed by atoms with E-state index in [0.29, 0.717) is 28.8 Å². The normalized spacial score (nSPS) is 11.1. The van der Waals surface area contributed by atoms with Gasteiger partial charge in [-0.05, 0) is 42.3 Å². The van der Waals surface area contributed by atoms with E-state index < -0.39 is 0 Å². The lowest BCUT2D eigenvalue weighted by atomic mass is 10.2. The molecule has 0 spiro atoms. The molecule has 5 aromatic rings. The van der Waals surface area contributed by atoms with Crippen LogP contribution < -0.4 is 14.4 Å². The molecule has 2 aromatic carbocycles. The Bertz CT molecular complexity index is 1460. The van der Waals surface area contributed by atoms with E-state index in [1.54, 1.807) is 43.6 Å². The number of thiazole rings is 1. The summed E-state index contributed by atoms with van der Waals surface area (Å²) < 4.78 is 17.8. The Balaban J connectivity index is 1.63. The van der Waals surface area contributed by atoms with Gasteiger partial charge in [0.2, 0.25) is 0 Å². The van der Waals surface area contributed by atoms with Gasteiger partial charge in [0.1, 0.15) is 11.3 Å². The first-order chi connectivity index (χ1) is 16.1. The van der Waals surface area contributed by atoms with Crippen LogP contribution in [0.3, 0.4) is 0 Å². The maximum absolute atomic E-state index is 13.7. The molecule has 0 aliphatic rings. The first-order valence-electron chi connectivity index (χ1n) is 10.3. The van der Waals surface area contributed by atoms with E-state index in [0.717, 1.165) is 26.7 Å². The standard InChI is InChI=1S/C25H21N3O4S/c1-15-9-10-18(30-2)21-23(15)33-25(27-21)28(14-16-6-5-11-26-13-16)24(29)20-12-17-7-4-8-19(31-3)22(17)32-20/h4-13H,14H2,1-3H3. The molecule has 3 aromatic heterocycles. The number of hydrogen-bond donors (Lipinski definition) is 0. The van der Waals surface area contributed by atoms with Crippen molar-refractivity contribution in [2.75, 3.05) is 19.1 Å². The topological polar surface area (TPSA) is 77.7 Å². The Morgan fingerprint density at radius 2 is 1.94 bits per heavy atom. The van der Waals surface area contributed by atoms with Gasteiger partial charge in [-0.2, -0.15) is 0 Å². The number of pyridine rings is 1. The highest BCUT2D eigenvalue weighted by atomic mass is 32.1. The maximum Gasteiger partial charge on any atom is 0.296 e. The minimum Gasteiger partial charge on any atom is -0.494 e. The fraction of sp³-hybridized carbons (Fsp3) is 0.160. The van der Waals surface area contributed by atoms with Crippen LogP contribution in [-0.2, 0) is 6.54 Å². The van der Waals surface area contributed by atoms with Crippen molar-refractivity contribution in [3.05, 3.63) is 77.8 Å². The summed E-state index contributed by atoms with van der Waals surface area (Å²) in [5.74, 6) is 1.15. The molecule has 0 atom stereocenters. The lowest BCUT2D eigenvalue weighted by Gasteiger charge is -2.18. The summed E-state index contributed by atoms with van der Waals surface area (Å²) in [6.07, 6.45) is 3.44. The molecular formula is C25H21N3O4S. The quantitative estimate of drug-likeness (QED) is 0.328. The molecule has 3 heterocycles. The van der Waals surface area contributed by atoms with Crippen LogP contribution in [0.15, 0.2) is 65.3 Å². The summed E-state index contributed by atoms with van der Waals surface area (Å²) in [7, 11) is 3.19. The molecule has 0 saturated carbocycles. The van der Waals surface area contributed by atoms with Gasteiger partial charge in [-0.25, -0.2) is 4.98 Å². The van der Waals surface area contributed by atoms with Crippen molar-refractivity contribution < 1.29 is 18.7 Å². The molecule has 0 fully saturated rings. The molecule has 8 heteroatoms. The third-order valence-corrected chi connectivity index (χ3v) is 6.60. The molecule has 166 valence electrons. The molecule has 0 N–H and O–H groups in total. The van der Waals surface area contributed by atoms with Crippen molar-refractivity contribution in [2.45, 2.75) is 13.5 Å². The van der Waals surface area contributed by atoms with Crippen molar-refractivity contribution in [3.8, 4) is 11.5 Å². The molecular weight excluding hydrogens is 438 g/mol. The van der Waals surface area contributed by atoms with Gasteiger partial charge in [-0.15, -0.1) is 0 Å². The minimum absolute atomic E-state index is 0.210. The number of amides is 1. The lowest BCUT2D eigenvalue weighted by molar-refractivity contribution is 0.0960. The lowest BCUT2D eigenvalue weighted by Crippen LogP contribution is -2.30. The Morgan fingerprint density at radius 3 is 2.70 bits per heavy atom. The van der Waals surface area contributed by atoms with Gasteiger partial charge < -0.3 is 13.9 Å². The fourth-order valence-corrected chi connectivity index (χ4v) is 4.76. The molecule has 0 saturated heterocycles. The van der Waals surface area contributed by atoms with E-state index in [2.05, 4.69) is 4.98 Å². The average molecular weight is 460 g/mol. The molecule has 1 amide bonds. The van der Waals surface area contributed by atoms with E-state index in [1.807, 2.05) is 43.3 Å². The molecule has 0 aliphatic heterocycles. The number of nitrogens with zero attached hydrogens (tertiary/aromatic N) is 3. The minimum atomic E-state index is -0.298. The maximum atomic E-state index is 13.7. The van der Waals surface area contributed by atoms with Crippen molar-refractivity contribution in [1.82, 2.24) is 9.97 Å². The van der Waals surface area contributed by atoms with E-state index in [-0.39, 0.29) is 11.7 Å². The van der Waals surface area contributed by atoms with Crippen LogP contribution in [0.5, 0.6) is 11.5 Å². The summed E-state index contributed by atoms with van der Waals surface area (Å²) in [4.78, 5) is 24.3. The summed E-state index contributed by atoms with van der Waals surface area (Å²) in [5, 5.41) is 1.35. The van der Waals surface area contributed by atoms with Crippen LogP contribution >= 0.6 is 11.3 Å². The van der Waals surface area contributed by atoms with E-state index in [4.69, 9.17) is 18.9 Å². The number of carbonyl (C=O) groups excluding carboxylic acids is 1. The second-order valence-corrected chi connectivity index (χ2v) is 8.48. The van der Waals surface area contributed by atoms with E-state index in [9.17, 15) is 4.79 Å². The molecule has 0 radical (unpaired) electrons. The molecule has 0 aliphatic carbocycles. The van der Waals surface area contributed by atoms with Gasteiger partial charge in [0.05, 0.1) is 25.5 Å². The number of carbonyl (C=O) groups is 1. The number of para-hydroxylation sites is 1. The van der Waals surface area contributed by atoms with Crippen LogP contribution in [0.1, 0.15) is 21.7 Å². The number of rotatable bonds is 6. The zero-order valence-corrected chi connectivity index (χ0v) is 19.2. The van der Waals surface area contributed by atoms with Gasteiger partial charge in [0, 0.05) is 17.8 Å². The predicted molar refractivity (Wildman–Crippen MR) is 128 cm³/mol. The van der Waals surface area contributed by atoms with Gasteiger partial charge >= 0.3 is 0 Å². The van der Waals surface area contributed by atoms with Crippen LogP contribution in [0.2, 0.25) is 0 Å². The largest absolute Gasteiger partial charge is 0.494 e. The van der Waals surface area contributed by atoms with Crippen LogP contribution in [0.4, 0.5) is 5.13 Å². The van der Waals surface area contributed by atoms with Crippen molar-refractivity contribution in [3.63, 3.8) is 0 Å². The summed E-state index contributed by atoms with van der Waals surface area (Å²) in [6, 6.07) is 14.9. The Labute approximate surface area is 194 Å². The highest BCUT2D eigenvalue weighted by Crippen LogP contribution is 2.38. The Morgan fingerprint density at radius 1 is 1.09 bits per heavy atom. The second kappa shape index (κ2) is 8.55. The molecule has 5 rings (SSSR count). The van der Waals surface area contributed by atoms with E-state index >= 15 is 0 Å². The highest BCUT2D eigenvalue weighted by Gasteiger charge is 2.26. The summed E-state index contributed by atoms with van der Waals surface area (Å²) >= 11 is 1.45. The fourth-order valence-electron chi connectivity index (χ4n) is 3.71. The number of furan rings is 1. The monoisotopic (exact) mass is 459 g/mol. The number of ether oxygens (including phenoxy) is 2. The zero-order valence-electron chi connectivity index (χ0n) is 18.4. The Kier molecular flexibility index (Phi) is 5.43. The predicted octanol–water partition coefficient (Wildman–Crippen LogP) is 5.61. The first-order valence-corrected chi connectivity index (χ1v) is 11.1. The molecule has 0 bridgehead atoms. The van der Waals surface area contributed by atoms with Crippen molar-refractivity contribution in [1.29, 1.82) is 0 Å². The number of methoxy groups -OCH3 is 2. The third-order valence-electron chi connectivity index (χ3n) is 5.39. The van der Waals surface area contributed by atoms with Gasteiger partial charge in [-0.3, -0.25) is 14.7 Å². The van der Waals surface area contributed by atoms with Crippen LogP contribution in [-0.4, -0.2) is 30.1 Å². The highest BCUT2D eigenvalue weighted by molar-refractivity contribution is 7.22. The number of benzene rings is 2. The number of aromatic nitrogens is 2. The molecule has 33 heavy (non-hydrogen) atoms. The number of aryl methyl sites for hydroxylation is 1. The van der Waals surface area contributed by atoms with Gasteiger partial charge in [0.25, 0.3) is 5.91 Å². The van der Waals surface area contributed by atoms with Gasteiger partial charge in [0.15, 0.2) is 22.2 Å². The van der Waals surface area contributed by atoms with Crippen molar-refractivity contribution in [2.24, 2.45) is 0 Å². The number of anilines is 1. The smallest absolute Gasteiger partial charge is 0.296 e. The van der Waals surface area contributed by atoms with Gasteiger partial charge in [-0.1, -0.05) is 35.6 Å². The number of fused-ring (bicyclic) bond motifs is 2. The average Bonchev–Trinajstić information content (AvgIpc) is 3.48. The van der Waals surface area contributed by atoms with E-state index in [1.165, 1.54) is 11.3 Å². The van der Waals surface area contributed by atoms with Crippen LogP contribution in [0.25, 0.3) is 21.2 Å². The van der Waals surface area contributed by atoms with Crippen molar-refractivity contribution >= 4 is 43.6 Å². The Hall–Kier alpha value is -3.91. The number of hydrogen-bond acceptors (Lipinski definition) is 7. The zero-order chi connectivity index (χ0) is 22.9. The summed E-state index contributed by atoms with van der Waals surface area (Å²) in [5.41, 5.74) is 3.21. The van der Waals surface area contributed by atoms with Crippen LogP contribution in [0, 0.1) is 6.92 Å². The summed E-state index contributed by atoms with van der Waals surface area (Å²) in [6.45, 7) is 2.31. The molecule has 0 unspecified atom stereocenters. The second-order valence-electron chi connectivity index (χ2n) is 7.50. The first kappa shape index (κ1) is 21.0. The SMILES string of the molecule is COc1ccc(C)c2sc(N(Cc3cccnc3)C(=O)c3cc4cccc(OC)c4o3)nc12. The third kappa shape index (κ3) is 3.78.